The van der Waals surface area contributed by atoms with Crippen LogP contribution in [0.15, 0.2) is 72.0 Å². The van der Waals surface area contributed by atoms with Gasteiger partial charge in [0.1, 0.15) is 11.9 Å². The molecule has 0 aliphatic heterocycles. The van der Waals surface area contributed by atoms with E-state index in [1.807, 2.05) is 7.11 Å². The topological polar surface area (TPSA) is 141 Å². The summed E-state index contributed by atoms with van der Waals surface area (Å²) in [5.74, 6) is 1.99. The molecule has 0 bridgehead atoms. The van der Waals surface area contributed by atoms with E-state index in [4.69, 9.17) is 23.7 Å². The van der Waals surface area contributed by atoms with Crippen molar-refractivity contribution in [2.45, 2.75) is 144 Å². The van der Waals surface area contributed by atoms with Crippen molar-refractivity contribution in [1.82, 2.24) is 0 Å². The van der Waals surface area contributed by atoms with E-state index in [0.717, 1.165) is 25.7 Å². The van der Waals surface area contributed by atoms with Gasteiger partial charge in [-0.15, -0.1) is 0 Å². The Morgan fingerprint density at radius 2 is 1.38 bits per heavy atom. The van der Waals surface area contributed by atoms with Gasteiger partial charge in [0, 0.05) is 12.5 Å². The number of phenolic OH excluding ortho intramolecular Hbond substituents is 1. The monoisotopic (exact) mass is 909 g/mol. The van der Waals surface area contributed by atoms with Crippen LogP contribution in [-0.2, 0) is 19.1 Å². The second kappa shape index (κ2) is 19.2. The molecule has 0 aromatic heterocycles. The molecule has 4 fully saturated rings. The third kappa shape index (κ3) is 9.60. The van der Waals surface area contributed by atoms with E-state index in [2.05, 4.69) is 54.5 Å². The van der Waals surface area contributed by atoms with Gasteiger partial charge in [-0.3, -0.25) is 9.59 Å². The summed E-state index contributed by atoms with van der Waals surface area (Å²) < 4.78 is 28.6. The Morgan fingerprint density at radius 1 is 0.727 bits per heavy atom. The largest absolute Gasteiger partial charge is 0.508 e. The summed E-state index contributed by atoms with van der Waals surface area (Å²) in [7, 11) is 4.82. The Morgan fingerprint density at radius 3 is 2.11 bits per heavy atom. The number of benzene rings is 2. The number of hydrogen-bond acceptors (Lipinski definition) is 10. The first-order chi connectivity index (χ1) is 31.2. The number of aliphatic hydroxyl groups excluding tert-OH is 2. The Hall–Kier alpha value is -4.54. The van der Waals surface area contributed by atoms with Crippen LogP contribution in [0.1, 0.15) is 137 Å². The molecule has 2 aromatic carbocycles. The van der Waals surface area contributed by atoms with Crippen molar-refractivity contribution in [2.24, 2.45) is 50.7 Å². The minimum absolute atomic E-state index is 0.0118. The molecule has 0 spiro atoms. The van der Waals surface area contributed by atoms with Crippen molar-refractivity contribution in [3.8, 4) is 23.0 Å². The van der Waals surface area contributed by atoms with Gasteiger partial charge in [-0.05, 0) is 157 Å². The molecule has 0 saturated heterocycles. The second-order valence-corrected chi connectivity index (χ2v) is 22.2. The molecule has 10 nitrogen and oxygen atoms in total. The highest BCUT2D eigenvalue weighted by molar-refractivity contribution is 5.79. The Kier molecular flexibility index (Phi) is 14.4. The van der Waals surface area contributed by atoms with Gasteiger partial charge in [-0.1, -0.05) is 90.5 Å². The Balaban J connectivity index is 0.920. The number of methoxy groups -OCH3 is 3. The lowest BCUT2D eigenvalue weighted by Gasteiger charge is -2.64. The molecular weight excluding hydrogens is 833 g/mol. The summed E-state index contributed by atoms with van der Waals surface area (Å²) in [5, 5.41) is 30.6. The van der Waals surface area contributed by atoms with Crippen LogP contribution in [0, 0.1) is 50.7 Å². The molecule has 4 saturated carbocycles. The van der Waals surface area contributed by atoms with Gasteiger partial charge in [-0.2, -0.15) is 0 Å². The van der Waals surface area contributed by atoms with Crippen molar-refractivity contribution < 1.29 is 48.6 Å². The maximum absolute atomic E-state index is 13.4. The van der Waals surface area contributed by atoms with E-state index < -0.39 is 12.1 Å². The number of phenols is 1. The van der Waals surface area contributed by atoms with Gasteiger partial charge in [0.15, 0.2) is 23.0 Å². The van der Waals surface area contributed by atoms with Gasteiger partial charge in [0.05, 0.1) is 39.3 Å². The summed E-state index contributed by atoms with van der Waals surface area (Å²) in [4.78, 5) is 26.5. The molecule has 0 radical (unpaired) electrons. The first-order valence-corrected chi connectivity index (χ1v) is 24.3. The third-order valence-electron chi connectivity index (χ3n) is 17.8. The zero-order valence-corrected chi connectivity index (χ0v) is 41.2. The lowest BCUT2D eigenvalue weighted by Crippen LogP contribution is -2.58. The van der Waals surface area contributed by atoms with Crippen LogP contribution in [0.5, 0.6) is 23.0 Å². The molecule has 5 aliphatic rings. The second-order valence-electron chi connectivity index (χ2n) is 22.2. The van der Waals surface area contributed by atoms with Crippen LogP contribution in [0.25, 0.3) is 12.2 Å². The number of aromatic hydroxyl groups is 1. The number of carbonyl (C=O) groups excluding carboxylic acids is 2. The van der Waals surface area contributed by atoms with Crippen LogP contribution in [0.2, 0.25) is 0 Å². The molecule has 10 heteroatoms. The molecule has 3 unspecified atom stereocenters. The van der Waals surface area contributed by atoms with Gasteiger partial charge in [-0.25, -0.2) is 0 Å². The van der Waals surface area contributed by atoms with E-state index in [1.165, 1.54) is 77.0 Å². The smallest absolute Gasteiger partial charge is 0.311 e. The molecule has 10 atom stereocenters. The van der Waals surface area contributed by atoms with Crippen molar-refractivity contribution in [3.05, 3.63) is 83.2 Å². The van der Waals surface area contributed by atoms with E-state index in [1.54, 1.807) is 48.1 Å². The summed E-state index contributed by atoms with van der Waals surface area (Å²) in [6.45, 7) is 17.3. The van der Waals surface area contributed by atoms with Crippen molar-refractivity contribution >= 4 is 24.1 Å². The van der Waals surface area contributed by atoms with E-state index in [-0.39, 0.29) is 58.4 Å². The quantitative estimate of drug-likeness (QED) is 0.0585. The van der Waals surface area contributed by atoms with Gasteiger partial charge in [0.2, 0.25) is 0 Å². The Bertz CT molecular complexity index is 2230. The fourth-order valence-electron chi connectivity index (χ4n) is 14.5. The molecule has 3 N–H and O–H groups in total. The maximum Gasteiger partial charge on any atom is 0.311 e. The SMILES string of the molecule is COc1cc(/C=C/C(O)/C=C(O)/C=C/c2ccc(OC(=O)CCC(=O)O[C@@H]3CC[C@]4(C)[C@H]5CCC6[C@@](C)(CCC7C(C)(C)[C@H](OC)CC[C@@]76C)CC5=CC[C@H]4C3(C)C)c(OC)c2)ccc1O. The number of allylic oxidation sites excluding steroid dienone is 3. The number of esters is 2. The molecule has 360 valence electrons. The lowest BCUT2D eigenvalue weighted by molar-refractivity contribution is -0.178. The fraction of sp³-hybridized carbons (Fsp3) is 0.607. The van der Waals surface area contributed by atoms with Crippen LogP contribution in [0.3, 0.4) is 0 Å². The zero-order valence-electron chi connectivity index (χ0n) is 41.2. The molecule has 0 heterocycles. The molecule has 5 aliphatic carbocycles. The minimum Gasteiger partial charge on any atom is -0.508 e. The minimum atomic E-state index is -1.08. The number of hydrogen-bond donors (Lipinski definition) is 3. The van der Waals surface area contributed by atoms with Crippen LogP contribution < -0.4 is 14.2 Å². The predicted molar refractivity (Wildman–Crippen MR) is 258 cm³/mol. The van der Waals surface area contributed by atoms with Gasteiger partial charge >= 0.3 is 11.9 Å². The summed E-state index contributed by atoms with van der Waals surface area (Å²) in [5.41, 5.74) is 3.74. The van der Waals surface area contributed by atoms with E-state index in [9.17, 15) is 24.9 Å². The van der Waals surface area contributed by atoms with Gasteiger partial charge in [0.25, 0.3) is 0 Å². The van der Waals surface area contributed by atoms with Crippen molar-refractivity contribution in [3.63, 3.8) is 0 Å². The van der Waals surface area contributed by atoms with Crippen LogP contribution in [-0.4, -0.2) is 66.9 Å². The van der Waals surface area contributed by atoms with E-state index >= 15 is 0 Å². The standard InChI is InChI=1S/C56H76O10/c1-52(2)46-25-28-54(5)34-37-15-21-45-53(3,4)49(27-29-55(45,6)40(37)18-22-47(54)56(46,7)30-26-48(52)64-10)66-51(61)24-23-50(60)65-42-20-14-36(32-44(42)63-9)12-17-39(58)33-38(57)16-11-35-13-19-41(59)43(31-35)62-8/h11-17,19-20,31-33,38,40,45-49,57-59H,18,21-30,34H2,1-10H3/b16-11+,17-12+,39-33-/t38?,40-,45-,46?,47?,48+,49+,54-,55+,56-/m0/s1. The van der Waals surface area contributed by atoms with Crippen molar-refractivity contribution in [1.29, 1.82) is 0 Å². The molecule has 0 amide bonds. The maximum atomic E-state index is 13.4. The first-order valence-electron chi connectivity index (χ1n) is 24.3. The summed E-state index contributed by atoms with van der Waals surface area (Å²) in [6, 6.07) is 9.74. The zero-order chi connectivity index (χ0) is 47.8. The third-order valence-corrected chi connectivity index (χ3v) is 17.8. The number of fused-ring (bicyclic) bond motifs is 6. The summed E-state index contributed by atoms with van der Waals surface area (Å²) >= 11 is 0. The highest BCUT2D eigenvalue weighted by Gasteiger charge is 2.63. The Labute approximate surface area is 393 Å². The van der Waals surface area contributed by atoms with Crippen LogP contribution in [0.4, 0.5) is 0 Å². The average Bonchev–Trinajstić information content (AvgIpc) is 3.43. The van der Waals surface area contributed by atoms with Crippen molar-refractivity contribution in [2.75, 3.05) is 21.3 Å². The summed E-state index contributed by atoms with van der Waals surface area (Å²) in [6.07, 6.45) is 20.4. The molecule has 2 aromatic rings. The predicted octanol–water partition coefficient (Wildman–Crippen LogP) is 12.0. The van der Waals surface area contributed by atoms with Crippen LogP contribution >= 0.6 is 0 Å². The lowest BCUT2D eigenvalue weighted by atomic mass is 9.42. The van der Waals surface area contributed by atoms with E-state index in [0.29, 0.717) is 63.2 Å². The molecule has 7 rings (SSSR count). The highest BCUT2D eigenvalue weighted by Crippen LogP contribution is 2.70. The number of carbonyl (C=O) groups is 2. The fourth-order valence-corrected chi connectivity index (χ4v) is 14.5. The molecule has 66 heavy (non-hydrogen) atoms. The average molecular weight is 909 g/mol. The first kappa shape index (κ1) is 49.4. The van der Waals surface area contributed by atoms with Gasteiger partial charge < -0.3 is 39.0 Å². The number of rotatable bonds is 13. The normalized spacial score (nSPS) is 33.0. The number of aliphatic hydroxyl groups is 2. The number of ether oxygens (including phenoxy) is 5. The molecular formula is C56H76O10. The highest BCUT2D eigenvalue weighted by atomic mass is 16.6.